The third-order valence-corrected chi connectivity index (χ3v) is 22.3. The number of halogens is 1. The van der Waals surface area contributed by atoms with Gasteiger partial charge in [-0.1, -0.05) is 317 Å². The van der Waals surface area contributed by atoms with Gasteiger partial charge in [0.25, 0.3) is 0 Å². The van der Waals surface area contributed by atoms with Gasteiger partial charge in [0.2, 0.25) is 11.9 Å². The van der Waals surface area contributed by atoms with Crippen molar-refractivity contribution in [3.63, 3.8) is 0 Å². The van der Waals surface area contributed by atoms with Crippen LogP contribution in [0.5, 0.6) is 0 Å². The maximum atomic E-state index is 10.1. The Kier molecular flexibility index (Phi) is 18.7. The molecule has 22 rings (SSSR count). The summed E-state index contributed by atoms with van der Waals surface area (Å²) in [5, 5.41) is 20.1. The molecule has 0 unspecified atom stereocenters. The predicted molar refractivity (Wildman–Crippen MR) is 459 cm³/mol. The number of hydrogen-bond acceptors (Lipinski definition) is 5. The average molecular weight is 1470 g/mol. The van der Waals surface area contributed by atoms with Crippen molar-refractivity contribution < 1.29 is 34.7 Å². The Morgan fingerprint density at radius 3 is 1.13 bits per heavy atom. The summed E-state index contributed by atoms with van der Waals surface area (Å²) in [6, 6.07) is 112. The van der Waals surface area contributed by atoms with Crippen molar-refractivity contribution in [1.82, 2.24) is 33.6 Å². The van der Waals surface area contributed by atoms with Gasteiger partial charge in [-0.25, -0.2) is 19.9 Å². The molecule has 0 aliphatic heterocycles. The van der Waals surface area contributed by atoms with Crippen molar-refractivity contribution >= 4 is 98.8 Å². The Labute approximate surface area is 674 Å². The molecule has 0 bridgehead atoms. The summed E-state index contributed by atoms with van der Waals surface area (Å²) in [4.78, 5) is 21.1. The first-order valence-corrected chi connectivity index (χ1v) is 38.5. The zero-order valence-electron chi connectivity index (χ0n) is 64.1. The molecule has 0 radical (unpaired) electrons. The van der Waals surface area contributed by atoms with Crippen LogP contribution >= 0.6 is 11.6 Å². The van der Waals surface area contributed by atoms with E-state index in [2.05, 4.69) is 327 Å². The molecule has 19 aromatic rings. The molecule has 0 amide bonds. The molecule has 10 heteroatoms. The first kappa shape index (κ1) is 72.3. The van der Waals surface area contributed by atoms with E-state index in [-0.39, 0.29) is 40.4 Å². The minimum Gasteiger partial charge on any atom is -0.850 e. The van der Waals surface area contributed by atoms with Gasteiger partial charge in [-0.3, -0.25) is 9.13 Å². The van der Waals surface area contributed by atoms with Crippen molar-refractivity contribution in [3.05, 3.63) is 354 Å². The molecule has 0 N–H and O–H groups in total. The summed E-state index contributed by atoms with van der Waals surface area (Å²) in [6.07, 6.45) is 1.10. The first-order chi connectivity index (χ1) is 53.5. The van der Waals surface area contributed by atoms with Gasteiger partial charge in [0.15, 0.2) is 0 Å². The Morgan fingerprint density at radius 1 is 0.315 bits per heavy atom. The average Bonchev–Trinajstić information content (AvgIpc) is 1.55. The summed E-state index contributed by atoms with van der Waals surface area (Å²) in [5.74, 6) is 1.30. The number of aromatic nitrogens is 7. The SMILES string of the molecule is CC.CC(C)(C)[O-].CC1(C)c2ccccc2-c2cc3c(cc21)c1ccc(-n2c4ccccc4c4ccccc42)cc1n3-c1nc(-c2ccccc2)c2ccccc2n1.CC1(C)c2ccccc2-c2cc3c(cc21)c1ccc(Cl)cc1n3-c1nc(-c2ccccc2)c2ccccc2n1.[Na+].c1ccc2c(c1)Cc1ccccc1-2. The van der Waals surface area contributed by atoms with E-state index in [9.17, 15) is 5.11 Å². The van der Waals surface area contributed by atoms with Gasteiger partial charge >= 0.3 is 29.6 Å². The number of benzene rings is 14. The van der Waals surface area contributed by atoms with E-state index >= 15 is 0 Å². The van der Waals surface area contributed by atoms with E-state index in [1.807, 2.05) is 44.2 Å². The van der Waals surface area contributed by atoms with E-state index < -0.39 is 5.60 Å². The van der Waals surface area contributed by atoms with E-state index in [1.54, 1.807) is 20.8 Å². The number of fused-ring (bicyclic) bond motifs is 20. The Bertz CT molecular complexity index is 6760. The molecule has 3 aliphatic rings. The fourth-order valence-corrected chi connectivity index (χ4v) is 17.4. The standard InChI is InChI=1S/C47H32N4.C35H24ClN3.C13H10.C4H9O.C2H6.Na/c1-47(2)38-20-10-6-16-31(38)36-28-44-37(27-39(36)47)34-25-24-30(50-41-22-12-8-17-32(41)33-18-9-13-23-42(33)50)26-43(34)51(44)46-48-40-21-11-7-19-35(40)45(49-46)29-14-4-3-5-15-29;1-35(2)28-14-8-6-12-23(28)26-20-32-27(19-29(26)35)24-17-16-22(36)18-31(24)39(32)34-37-30-15-9-7-13-25(30)33(38-34)21-10-4-3-5-11-21;1-3-7-12-10(5-1)9-11-6-2-4-8-13(11)12;1-4(2,3)5;1-2;/h3-28H,1-2H3;3-20H,1-2H3;1-8H,9H2;1-3H3;1-2H3;/q;;;-1;;+1. The molecule has 14 aromatic carbocycles. The number of hydrogen-bond donors (Lipinski definition) is 0. The predicted octanol–water partition coefficient (Wildman–Crippen LogP) is 22.6. The number of para-hydroxylation sites is 4. The van der Waals surface area contributed by atoms with Crippen LogP contribution in [-0.2, 0) is 17.3 Å². The molecule has 8 nitrogen and oxygen atoms in total. The summed E-state index contributed by atoms with van der Waals surface area (Å²) < 4.78 is 6.88. The minimum absolute atomic E-state index is 0. The Morgan fingerprint density at radius 2 is 0.667 bits per heavy atom. The fraction of sp³-hybridized carbons (Fsp3) is 0.129. The van der Waals surface area contributed by atoms with Crippen molar-refractivity contribution in [2.75, 3.05) is 0 Å². The molecule has 0 fully saturated rings. The fourth-order valence-electron chi connectivity index (χ4n) is 17.2. The Balaban J connectivity index is 0.000000131. The Hall–Kier alpha value is -11.6. The largest absolute Gasteiger partial charge is 1.00 e. The van der Waals surface area contributed by atoms with Crippen LogP contribution in [0.25, 0.3) is 161 Å². The van der Waals surface area contributed by atoms with Gasteiger partial charge in [-0.2, -0.15) is 0 Å². The van der Waals surface area contributed by atoms with Crippen molar-refractivity contribution in [3.8, 4) is 73.5 Å². The normalized spacial score (nSPS) is 13.0. The van der Waals surface area contributed by atoms with Crippen LogP contribution in [0.15, 0.2) is 315 Å². The van der Waals surface area contributed by atoms with E-state index in [0.29, 0.717) is 16.9 Å². The molecule has 5 heterocycles. The summed E-state index contributed by atoms with van der Waals surface area (Å²) in [6.45, 7) is 18.2. The number of rotatable bonds is 5. The van der Waals surface area contributed by atoms with E-state index in [0.717, 1.165) is 83.9 Å². The van der Waals surface area contributed by atoms with Crippen molar-refractivity contribution in [1.29, 1.82) is 0 Å². The van der Waals surface area contributed by atoms with Gasteiger partial charge in [0.05, 0.1) is 55.5 Å². The quantitative estimate of drug-likeness (QED) is 0.160. The molecule has 111 heavy (non-hydrogen) atoms. The molecule has 534 valence electrons. The van der Waals surface area contributed by atoms with Crippen molar-refractivity contribution in [2.45, 2.75) is 85.2 Å². The van der Waals surface area contributed by atoms with Crippen LogP contribution in [0.3, 0.4) is 0 Å². The van der Waals surface area contributed by atoms with Crippen LogP contribution in [0.2, 0.25) is 5.02 Å². The second-order valence-corrected chi connectivity index (χ2v) is 31.1. The molecule has 3 aliphatic carbocycles. The monoisotopic (exact) mass is 1470 g/mol. The zero-order chi connectivity index (χ0) is 75.3. The van der Waals surface area contributed by atoms with Crippen LogP contribution < -0.4 is 34.7 Å². The summed E-state index contributed by atoms with van der Waals surface area (Å²) in [7, 11) is 0. The molecule has 0 saturated heterocycles. The van der Waals surface area contributed by atoms with Gasteiger partial charge in [-0.15, -0.1) is 5.60 Å². The molecular weight excluding hydrogens is 1390 g/mol. The topological polar surface area (TPSA) is 89.4 Å². The van der Waals surface area contributed by atoms with E-state index in [1.165, 1.54) is 105 Å². The third-order valence-electron chi connectivity index (χ3n) is 22.1. The number of nitrogens with zero attached hydrogens (tertiary/aromatic N) is 7. The maximum absolute atomic E-state index is 10.1. The first-order valence-electron chi connectivity index (χ1n) is 38.1. The maximum Gasteiger partial charge on any atom is 1.00 e. The van der Waals surface area contributed by atoms with Crippen LogP contribution in [-0.4, -0.2) is 39.2 Å². The smallest absolute Gasteiger partial charge is 0.850 e. The van der Waals surface area contributed by atoms with Gasteiger partial charge < -0.3 is 9.67 Å². The van der Waals surface area contributed by atoms with Crippen LogP contribution in [0, 0.1) is 0 Å². The second-order valence-electron chi connectivity index (χ2n) is 30.7. The summed E-state index contributed by atoms with van der Waals surface area (Å²) >= 11 is 6.59. The second kappa shape index (κ2) is 28.7. The molecular formula is C101H81ClN7NaO. The van der Waals surface area contributed by atoms with Gasteiger partial charge in [0, 0.05) is 75.8 Å². The van der Waals surface area contributed by atoms with E-state index in [4.69, 9.17) is 31.5 Å². The van der Waals surface area contributed by atoms with Crippen LogP contribution in [0.1, 0.15) is 95.7 Å². The minimum atomic E-state index is -0.750. The zero-order valence-corrected chi connectivity index (χ0v) is 66.9. The molecule has 5 aromatic heterocycles. The van der Waals surface area contributed by atoms with Crippen LogP contribution in [0.4, 0.5) is 0 Å². The summed E-state index contributed by atoms with van der Waals surface area (Å²) in [5.41, 5.74) is 28.9. The molecule has 0 spiro atoms. The molecule has 0 saturated carbocycles. The van der Waals surface area contributed by atoms with Crippen molar-refractivity contribution in [2.24, 2.45) is 0 Å². The molecule has 0 atom stereocenters. The van der Waals surface area contributed by atoms with Gasteiger partial charge in [-0.05, 0) is 146 Å². The third kappa shape index (κ3) is 12.5. The van der Waals surface area contributed by atoms with Gasteiger partial charge in [0.1, 0.15) is 0 Å².